The molecule has 1 atom stereocenters. The number of nitrogens with zero attached hydrogens (tertiary/aromatic N) is 2. The van der Waals surface area contributed by atoms with E-state index in [0.29, 0.717) is 0 Å². The predicted molar refractivity (Wildman–Crippen MR) is 72.8 cm³/mol. The quantitative estimate of drug-likeness (QED) is 0.634. The van der Waals surface area contributed by atoms with Crippen molar-refractivity contribution in [2.24, 2.45) is 5.92 Å². The maximum absolute atomic E-state index is 11.7. The number of urea groups is 1. The molecule has 0 radical (unpaired) electrons. The first kappa shape index (κ1) is 16.4. The smallest absolute Gasteiger partial charge is 0.327 e. The highest BCUT2D eigenvalue weighted by Gasteiger charge is 2.34. The van der Waals surface area contributed by atoms with Crippen LogP contribution in [0.5, 0.6) is 0 Å². The summed E-state index contributed by atoms with van der Waals surface area (Å²) in [5, 5.41) is 12.5. The second kappa shape index (κ2) is 7.23. The van der Waals surface area contributed by atoms with Gasteiger partial charge in [-0.05, 0) is 5.92 Å². The van der Waals surface area contributed by atoms with Crippen LogP contribution in [0.1, 0.15) is 26.7 Å². The molecule has 0 spiro atoms. The Kier molecular flexibility index (Phi) is 5.94. The van der Waals surface area contributed by atoms with Crippen molar-refractivity contribution in [3.63, 3.8) is 0 Å². The third-order valence-corrected chi connectivity index (χ3v) is 3.63. The van der Waals surface area contributed by atoms with Crippen LogP contribution in [0, 0.1) is 5.92 Å². The van der Waals surface area contributed by atoms with Gasteiger partial charge in [-0.25, -0.2) is 4.79 Å². The Morgan fingerprint density at radius 3 is 2.40 bits per heavy atom. The maximum Gasteiger partial charge on any atom is 0.327 e. The molecule has 1 saturated heterocycles. The van der Waals surface area contributed by atoms with Gasteiger partial charge >= 0.3 is 6.03 Å². The van der Waals surface area contributed by atoms with Gasteiger partial charge in [-0.2, -0.15) is 0 Å². The largest absolute Gasteiger partial charge is 0.391 e. The molecule has 0 aliphatic carbocycles. The molecule has 0 aromatic heterocycles. The van der Waals surface area contributed by atoms with E-state index in [1.165, 1.54) is 11.9 Å². The third kappa shape index (κ3) is 3.93. The standard InChI is InChI=1S/C13H23N3O4/c1-4-9(5-2)10(17)6-14-11(18)7-16-12(19)8-15(3)13(16)20/h9-10,17H,4-8H2,1-3H3,(H,14,18). The molecule has 114 valence electrons. The number of nitrogens with one attached hydrogen (secondary N) is 1. The second-order valence-electron chi connectivity index (χ2n) is 5.07. The second-order valence-corrected chi connectivity index (χ2v) is 5.07. The van der Waals surface area contributed by atoms with Crippen molar-refractivity contribution in [2.45, 2.75) is 32.8 Å². The van der Waals surface area contributed by atoms with E-state index in [-0.39, 0.29) is 31.5 Å². The van der Waals surface area contributed by atoms with Crippen LogP contribution in [0.2, 0.25) is 0 Å². The van der Waals surface area contributed by atoms with Crippen molar-refractivity contribution < 1.29 is 19.5 Å². The van der Waals surface area contributed by atoms with Crippen LogP contribution in [-0.4, -0.2) is 65.5 Å². The molecule has 0 aromatic carbocycles. The molecular weight excluding hydrogens is 262 g/mol. The molecule has 0 saturated carbocycles. The van der Waals surface area contributed by atoms with Crippen molar-refractivity contribution >= 4 is 17.8 Å². The average molecular weight is 285 g/mol. The predicted octanol–water partition coefficient (Wildman–Crippen LogP) is -0.206. The molecule has 4 amide bonds. The fourth-order valence-corrected chi connectivity index (χ4v) is 2.24. The Morgan fingerprint density at radius 1 is 1.35 bits per heavy atom. The van der Waals surface area contributed by atoms with Gasteiger partial charge in [0.1, 0.15) is 13.1 Å². The molecule has 1 heterocycles. The number of amides is 4. The van der Waals surface area contributed by atoms with E-state index in [1.54, 1.807) is 0 Å². The molecule has 1 aliphatic rings. The Morgan fingerprint density at radius 2 is 1.95 bits per heavy atom. The highest BCUT2D eigenvalue weighted by atomic mass is 16.3. The van der Waals surface area contributed by atoms with Crippen molar-refractivity contribution in [2.75, 3.05) is 26.7 Å². The molecule has 1 unspecified atom stereocenters. The van der Waals surface area contributed by atoms with E-state index in [2.05, 4.69) is 5.32 Å². The minimum absolute atomic E-state index is 0.00246. The van der Waals surface area contributed by atoms with Gasteiger partial charge in [0.15, 0.2) is 0 Å². The summed E-state index contributed by atoms with van der Waals surface area (Å²) in [6, 6.07) is -0.467. The molecule has 1 aliphatic heterocycles. The van der Waals surface area contributed by atoms with Gasteiger partial charge in [-0.15, -0.1) is 0 Å². The summed E-state index contributed by atoms with van der Waals surface area (Å²) < 4.78 is 0. The van der Waals surface area contributed by atoms with E-state index in [4.69, 9.17) is 0 Å². The van der Waals surface area contributed by atoms with Gasteiger partial charge in [0.25, 0.3) is 5.91 Å². The van der Waals surface area contributed by atoms with Crippen LogP contribution in [0.25, 0.3) is 0 Å². The zero-order valence-electron chi connectivity index (χ0n) is 12.3. The first-order chi connectivity index (χ1) is 9.40. The highest BCUT2D eigenvalue weighted by Crippen LogP contribution is 2.12. The van der Waals surface area contributed by atoms with Crippen LogP contribution in [0.4, 0.5) is 4.79 Å². The fourth-order valence-electron chi connectivity index (χ4n) is 2.24. The van der Waals surface area contributed by atoms with Crippen molar-refractivity contribution in [3.8, 4) is 0 Å². The molecule has 0 bridgehead atoms. The lowest BCUT2D eigenvalue weighted by Gasteiger charge is -2.21. The number of rotatable bonds is 7. The topological polar surface area (TPSA) is 89.9 Å². The van der Waals surface area contributed by atoms with Gasteiger partial charge in [-0.3, -0.25) is 14.5 Å². The monoisotopic (exact) mass is 285 g/mol. The van der Waals surface area contributed by atoms with Gasteiger partial charge in [0.05, 0.1) is 6.10 Å². The zero-order valence-corrected chi connectivity index (χ0v) is 12.3. The Labute approximate surface area is 118 Å². The zero-order chi connectivity index (χ0) is 15.3. The first-order valence-corrected chi connectivity index (χ1v) is 6.90. The molecule has 7 nitrogen and oxygen atoms in total. The Bertz CT molecular complexity index is 382. The number of imide groups is 1. The molecule has 0 aromatic rings. The minimum Gasteiger partial charge on any atom is -0.391 e. The van der Waals surface area contributed by atoms with E-state index in [0.717, 1.165) is 17.7 Å². The van der Waals surface area contributed by atoms with E-state index < -0.39 is 18.0 Å². The van der Waals surface area contributed by atoms with Crippen molar-refractivity contribution in [3.05, 3.63) is 0 Å². The van der Waals surface area contributed by atoms with Gasteiger partial charge in [0, 0.05) is 13.6 Å². The van der Waals surface area contributed by atoms with Gasteiger partial charge in [0.2, 0.25) is 5.91 Å². The van der Waals surface area contributed by atoms with E-state index in [1.807, 2.05) is 13.8 Å². The summed E-state index contributed by atoms with van der Waals surface area (Å²) in [5.41, 5.74) is 0. The van der Waals surface area contributed by atoms with Crippen molar-refractivity contribution in [1.82, 2.24) is 15.1 Å². The maximum atomic E-state index is 11.7. The van der Waals surface area contributed by atoms with Crippen LogP contribution in [0.3, 0.4) is 0 Å². The lowest BCUT2D eigenvalue weighted by atomic mass is 9.96. The molecular formula is C13H23N3O4. The Hall–Kier alpha value is -1.63. The number of carbonyl (C=O) groups excluding carboxylic acids is 3. The highest BCUT2D eigenvalue weighted by molar-refractivity contribution is 6.04. The van der Waals surface area contributed by atoms with Crippen molar-refractivity contribution in [1.29, 1.82) is 0 Å². The summed E-state index contributed by atoms with van der Waals surface area (Å²) in [4.78, 5) is 37.0. The number of hydrogen-bond donors (Lipinski definition) is 2. The van der Waals surface area contributed by atoms with Crippen LogP contribution in [0.15, 0.2) is 0 Å². The number of carbonyl (C=O) groups is 3. The normalized spacial score (nSPS) is 17.1. The lowest BCUT2D eigenvalue weighted by Crippen LogP contribution is -2.44. The number of hydrogen-bond acceptors (Lipinski definition) is 4. The van der Waals surface area contributed by atoms with Gasteiger partial charge in [-0.1, -0.05) is 26.7 Å². The number of aliphatic hydroxyl groups excluding tert-OH is 1. The van der Waals surface area contributed by atoms with E-state index >= 15 is 0 Å². The molecule has 1 fully saturated rings. The van der Waals surface area contributed by atoms with E-state index in [9.17, 15) is 19.5 Å². The molecule has 2 N–H and O–H groups in total. The van der Waals surface area contributed by atoms with Crippen LogP contribution in [-0.2, 0) is 9.59 Å². The summed E-state index contributed by atoms with van der Waals surface area (Å²) in [6.45, 7) is 3.81. The number of aliphatic hydroxyl groups is 1. The fraction of sp³-hybridized carbons (Fsp3) is 0.769. The average Bonchev–Trinajstić information content (AvgIpc) is 2.64. The Balaban J connectivity index is 2.41. The van der Waals surface area contributed by atoms with Crippen LogP contribution < -0.4 is 5.32 Å². The summed E-state index contributed by atoms with van der Waals surface area (Å²) in [6.07, 6.45) is 1.06. The molecule has 7 heteroatoms. The SMILES string of the molecule is CCC(CC)C(O)CNC(=O)CN1C(=O)CN(C)C1=O. The minimum atomic E-state index is -0.610. The molecule has 1 rings (SSSR count). The number of likely N-dealkylation sites (N-methyl/N-ethyl adjacent to an activating group) is 1. The first-order valence-electron chi connectivity index (χ1n) is 6.90. The summed E-state index contributed by atoms with van der Waals surface area (Å²) >= 11 is 0. The van der Waals surface area contributed by atoms with Gasteiger partial charge < -0.3 is 15.3 Å². The third-order valence-electron chi connectivity index (χ3n) is 3.63. The van der Waals surface area contributed by atoms with Crippen LogP contribution >= 0.6 is 0 Å². The summed E-state index contributed by atoms with van der Waals surface area (Å²) in [7, 11) is 1.51. The summed E-state index contributed by atoms with van der Waals surface area (Å²) in [5.74, 6) is -0.684. The molecule has 20 heavy (non-hydrogen) atoms. The lowest BCUT2D eigenvalue weighted by molar-refractivity contribution is -0.131.